The zero-order valence-corrected chi connectivity index (χ0v) is 12.8. The van der Waals surface area contributed by atoms with E-state index in [1.54, 1.807) is 0 Å². The fourth-order valence-corrected chi connectivity index (χ4v) is 2.87. The average molecular weight is 329 g/mol. The monoisotopic (exact) mass is 329 g/mol. The van der Waals surface area contributed by atoms with E-state index in [2.05, 4.69) is 20.0 Å². The van der Waals surface area contributed by atoms with Crippen LogP contribution in [0.1, 0.15) is 43.3 Å². The zero-order chi connectivity index (χ0) is 16.4. The smallest absolute Gasteiger partial charge is 0.339 e. The molecule has 1 saturated heterocycles. The van der Waals surface area contributed by atoms with Crippen LogP contribution in [0, 0.1) is 0 Å². The first-order valence-corrected chi connectivity index (χ1v) is 7.59. The fraction of sp³-hybridized carbons (Fsp3) is 0.643. The number of likely N-dealkylation sites (tertiary alicyclic amines) is 1. The highest BCUT2D eigenvalue weighted by molar-refractivity contribution is 5.01. The second-order valence-corrected chi connectivity index (χ2v) is 5.61. The third-order valence-corrected chi connectivity index (χ3v) is 3.94. The topological polar surface area (TPSA) is 60.0 Å². The van der Waals surface area contributed by atoms with Crippen LogP contribution in [0.15, 0.2) is 16.9 Å². The van der Waals surface area contributed by atoms with Crippen LogP contribution in [0.2, 0.25) is 0 Å². The van der Waals surface area contributed by atoms with Crippen molar-refractivity contribution in [3.8, 4) is 0 Å². The lowest BCUT2D eigenvalue weighted by Crippen LogP contribution is -2.27. The van der Waals surface area contributed by atoms with Crippen LogP contribution in [-0.2, 0) is 19.5 Å². The van der Waals surface area contributed by atoms with Crippen molar-refractivity contribution in [2.75, 3.05) is 6.54 Å². The first-order chi connectivity index (χ1) is 11.0. The summed E-state index contributed by atoms with van der Waals surface area (Å²) in [6, 6.07) is -0.0323. The van der Waals surface area contributed by atoms with Crippen LogP contribution in [0.3, 0.4) is 0 Å². The molecule has 1 aliphatic rings. The van der Waals surface area contributed by atoms with Gasteiger partial charge in [-0.2, -0.15) is 18.2 Å². The molecule has 0 N–H and O–H groups in total. The highest BCUT2D eigenvalue weighted by Crippen LogP contribution is 2.31. The molecule has 0 saturated carbocycles. The first kappa shape index (κ1) is 16.0. The Bertz CT molecular complexity index is 651. The highest BCUT2D eigenvalue weighted by Gasteiger charge is 2.32. The number of aromatic nitrogens is 4. The van der Waals surface area contributed by atoms with E-state index in [9.17, 15) is 13.2 Å². The fourth-order valence-electron chi connectivity index (χ4n) is 2.87. The summed E-state index contributed by atoms with van der Waals surface area (Å²) < 4.78 is 44.1. The van der Waals surface area contributed by atoms with Crippen molar-refractivity contribution in [1.82, 2.24) is 24.6 Å². The number of aryl methyl sites for hydroxylation is 1. The SMILES string of the molecule is CCc1nc([C@@H]2CCCN2Cc2nccn2CC(F)(F)F)no1. The number of alkyl halides is 3. The second kappa shape index (κ2) is 6.31. The number of hydrogen-bond acceptors (Lipinski definition) is 5. The van der Waals surface area contributed by atoms with Crippen LogP contribution < -0.4 is 0 Å². The normalized spacial score (nSPS) is 19.6. The third kappa shape index (κ3) is 3.72. The van der Waals surface area contributed by atoms with E-state index in [1.807, 2.05) is 6.92 Å². The molecule has 2 aromatic rings. The second-order valence-electron chi connectivity index (χ2n) is 5.61. The summed E-state index contributed by atoms with van der Waals surface area (Å²) in [5, 5.41) is 4.00. The van der Waals surface area contributed by atoms with Crippen molar-refractivity contribution in [2.45, 2.75) is 51.5 Å². The van der Waals surface area contributed by atoms with Gasteiger partial charge in [0.15, 0.2) is 5.82 Å². The van der Waals surface area contributed by atoms with Gasteiger partial charge in [-0.3, -0.25) is 4.90 Å². The van der Waals surface area contributed by atoms with Gasteiger partial charge in [-0.05, 0) is 19.4 Å². The molecule has 3 heterocycles. The minimum absolute atomic E-state index is 0.0323. The average Bonchev–Trinajstić information content (AvgIpc) is 3.19. The van der Waals surface area contributed by atoms with Crippen LogP contribution in [0.4, 0.5) is 13.2 Å². The van der Waals surface area contributed by atoms with Gasteiger partial charge in [0.1, 0.15) is 12.4 Å². The number of imidazole rings is 1. The first-order valence-electron chi connectivity index (χ1n) is 7.59. The van der Waals surface area contributed by atoms with E-state index in [1.165, 1.54) is 12.4 Å². The molecule has 0 aliphatic carbocycles. The molecule has 6 nitrogen and oxygen atoms in total. The quantitative estimate of drug-likeness (QED) is 0.844. The Labute approximate surface area is 131 Å². The summed E-state index contributed by atoms with van der Waals surface area (Å²) in [6.45, 7) is 2.02. The van der Waals surface area contributed by atoms with Gasteiger partial charge in [-0.1, -0.05) is 12.1 Å². The molecule has 1 atom stereocenters. The van der Waals surface area contributed by atoms with Gasteiger partial charge in [0.2, 0.25) is 5.89 Å². The third-order valence-electron chi connectivity index (χ3n) is 3.94. The lowest BCUT2D eigenvalue weighted by Gasteiger charge is -2.22. The maximum atomic E-state index is 12.6. The predicted octanol–water partition coefficient (Wildman–Crippen LogP) is 2.73. The van der Waals surface area contributed by atoms with Gasteiger partial charge >= 0.3 is 6.18 Å². The van der Waals surface area contributed by atoms with Crippen LogP contribution >= 0.6 is 0 Å². The van der Waals surface area contributed by atoms with E-state index in [0.717, 1.165) is 24.0 Å². The Morgan fingerprint density at radius 3 is 2.91 bits per heavy atom. The summed E-state index contributed by atoms with van der Waals surface area (Å²) in [7, 11) is 0. The molecule has 2 aromatic heterocycles. The molecule has 0 bridgehead atoms. The highest BCUT2D eigenvalue weighted by atomic mass is 19.4. The molecule has 9 heteroatoms. The summed E-state index contributed by atoms with van der Waals surface area (Å²) in [6.07, 6.45) is 0.968. The Morgan fingerprint density at radius 2 is 2.22 bits per heavy atom. The molecule has 3 rings (SSSR count). The molecule has 0 aromatic carbocycles. The number of halogens is 3. The van der Waals surface area contributed by atoms with Crippen molar-refractivity contribution >= 4 is 0 Å². The molecule has 23 heavy (non-hydrogen) atoms. The van der Waals surface area contributed by atoms with E-state index in [0.29, 0.717) is 30.5 Å². The van der Waals surface area contributed by atoms with Gasteiger partial charge in [-0.15, -0.1) is 0 Å². The van der Waals surface area contributed by atoms with Crippen LogP contribution in [-0.4, -0.2) is 37.3 Å². The van der Waals surface area contributed by atoms with Crippen molar-refractivity contribution in [3.63, 3.8) is 0 Å². The molecule has 126 valence electrons. The molecular weight excluding hydrogens is 311 g/mol. The molecule has 1 aliphatic heterocycles. The van der Waals surface area contributed by atoms with Gasteiger partial charge in [0.25, 0.3) is 0 Å². The summed E-state index contributed by atoms with van der Waals surface area (Å²) in [5.74, 6) is 1.58. The number of nitrogens with zero attached hydrogens (tertiary/aromatic N) is 5. The summed E-state index contributed by atoms with van der Waals surface area (Å²) in [5.41, 5.74) is 0. The van der Waals surface area contributed by atoms with Gasteiger partial charge < -0.3 is 9.09 Å². The zero-order valence-electron chi connectivity index (χ0n) is 12.8. The molecule has 0 unspecified atom stereocenters. The Kier molecular flexibility index (Phi) is 4.38. The van der Waals surface area contributed by atoms with Crippen molar-refractivity contribution in [3.05, 3.63) is 29.9 Å². The lowest BCUT2D eigenvalue weighted by atomic mass is 10.2. The maximum absolute atomic E-state index is 12.6. The molecular formula is C14H18F3N5O. The Hall–Kier alpha value is -1.90. The lowest BCUT2D eigenvalue weighted by molar-refractivity contribution is -0.141. The van der Waals surface area contributed by atoms with Crippen LogP contribution in [0.25, 0.3) is 0 Å². The molecule has 0 spiro atoms. The predicted molar refractivity (Wildman–Crippen MR) is 74.3 cm³/mol. The van der Waals surface area contributed by atoms with E-state index in [4.69, 9.17) is 4.52 Å². The van der Waals surface area contributed by atoms with E-state index >= 15 is 0 Å². The van der Waals surface area contributed by atoms with Gasteiger partial charge in [-0.25, -0.2) is 4.98 Å². The summed E-state index contributed by atoms with van der Waals surface area (Å²) in [4.78, 5) is 10.5. The molecule has 0 radical (unpaired) electrons. The minimum Gasteiger partial charge on any atom is -0.339 e. The van der Waals surface area contributed by atoms with E-state index in [-0.39, 0.29) is 6.04 Å². The number of rotatable bonds is 5. The Balaban J connectivity index is 1.73. The molecule has 1 fully saturated rings. The van der Waals surface area contributed by atoms with Crippen molar-refractivity contribution < 1.29 is 17.7 Å². The summed E-state index contributed by atoms with van der Waals surface area (Å²) >= 11 is 0. The molecule has 0 amide bonds. The van der Waals surface area contributed by atoms with Crippen molar-refractivity contribution in [1.29, 1.82) is 0 Å². The van der Waals surface area contributed by atoms with Gasteiger partial charge in [0.05, 0.1) is 12.6 Å². The maximum Gasteiger partial charge on any atom is 0.406 e. The van der Waals surface area contributed by atoms with Crippen LogP contribution in [0.5, 0.6) is 0 Å². The number of hydrogen-bond donors (Lipinski definition) is 0. The standard InChI is InChI=1S/C14H18F3N5O/c1-2-12-19-13(20-23-12)10-4-3-6-21(10)8-11-18-5-7-22(11)9-14(15,16)17/h5,7,10H,2-4,6,8-9H2,1H3/t10-/m0/s1. The van der Waals surface area contributed by atoms with Crippen molar-refractivity contribution in [2.24, 2.45) is 0 Å². The minimum atomic E-state index is -4.26. The van der Waals surface area contributed by atoms with Gasteiger partial charge in [0, 0.05) is 18.8 Å². The van der Waals surface area contributed by atoms with E-state index < -0.39 is 12.7 Å². The Morgan fingerprint density at radius 1 is 1.39 bits per heavy atom. The largest absolute Gasteiger partial charge is 0.406 e.